The van der Waals surface area contributed by atoms with Crippen molar-refractivity contribution in [3.05, 3.63) is 0 Å². The molecule has 250 valence electrons. The van der Waals surface area contributed by atoms with Crippen LogP contribution in [0.5, 0.6) is 0 Å². The van der Waals surface area contributed by atoms with Crippen LogP contribution in [0.15, 0.2) is 0 Å². The summed E-state index contributed by atoms with van der Waals surface area (Å²) in [7, 11) is 0. The number of aliphatic hydroxyl groups is 1. The Labute approximate surface area is 261 Å². The maximum absolute atomic E-state index is 11.9. The first kappa shape index (κ1) is 40.9. The lowest BCUT2D eigenvalue weighted by Gasteiger charge is -2.12. The predicted molar refractivity (Wildman–Crippen MR) is 178 cm³/mol. The summed E-state index contributed by atoms with van der Waals surface area (Å²) in [6.45, 7) is 8.99. The largest absolute Gasteiger partial charge is 0.463 e. The number of rotatable bonds is 32. The van der Waals surface area contributed by atoms with Gasteiger partial charge in [0.25, 0.3) is 0 Å². The van der Waals surface area contributed by atoms with Gasteiger partial charge in [-0.15, -0.1) is 0 Å². The van der Waals surface area contributed by atoms with E-state index >= 15 is 0 Å². The summed E-state index contributed by atoms with van der Waals surface area (Å²) in [4.78, 5) is 23.8. The second-order valence-electron chi connectivity index (χ2n) is 13.4. The smallest absolute Gasteiger partial charge is 0.305 e. The van der Waals surface area contributed by atoms with E-state index in [4.69, 9.17) is 9.47 Å². The number of unbranched alkanes of at least 4 members (excludes halogenated alkanes) is 19. The molecule has 0 aliphatic carbocycles. The van der Waals surface area contributed by atoms with Crippen molar-refractivity contribution in [2.75, 3.05) is 13.2 Å². The SMILES string of the molecule is CCC(C)CCCCCCCCCCCCCCCCC(=O)OC[C@@H](O)COC(=O)CCCCCCCCCC(C)C. The average Bonchev–Trinajstić information content (AvgIpc) is 2.97. The van der Waals surface area contributed by atoms with Crippen molar-refractivity contribution in [3.8, 4) is 0 Å². The number of esters is 2. The molecule has 0 aromatic rings. The highest BCUT2D eigenvalue weighted by Gasteiger charge is 2.12. The quantitative estimate of drug-likeness (QED) is 0.0617. The van der Waals surface area contributed by atoms with Crippen molar-refractivity contribution in [1.29, 1.82) is 0 Å². The van der Waals surface area contributed by atoms with Gasteiger partial charge in [-0.25, -0.2) is 0 Å². The fraction of sp³-hybridized carbons (Fsp3) is 0.946. The number of aliphatic hydroxyl groups excluding tert-OH is 1. The van der Waals surface area contributed by atoms with E-state index < -0.39 is 6.10 Å². The Morgan fingerprint density at radius 1 is 0.500 bits per heavy atom. The summed E-state index contributed by atoms with van der Waals surface area (Å²) in [5.74, 6) is 1.14. The van der Waals surface area contributed by atoms with Crippen molar-refractivity contribution in [1.82, 2.24) is 0 Å². The fourth-order valence-electron chi connectivity index (χ4n) is 5.36. The molecule has 0 aliphatic heterocycles. The number of ether oxygens (including phenoxy) is 2. The first-order chi connectivity index (χ1) is 20.3. The summed E-state index contributed by atoms with van der Waals surface area (Å²) in [6.07, 6.45) is 30.1. The summed E-state index contributed by atoms with van der Waals surface area (Å²) in [5, 5.41) is 9.97. The minimum absolute atomic E-state index is 0.110. The molecule has 0 saturated carbocycles. The van der Waals surface area contributed by atoms with E-state index in [1.807, 2.05) is 0 Å². The van der Waals surface area contributed by atoms with Gasteiger partial charge >= 0.3 is 11.9 Å². The van der Waals surface area contributed by atoms with Gasteiger partial charge in [-0.05, 0) is 24.7 Å². The summed E-state index contributed by atoms with van der Waals surface area (Å²) in [6, 6.07) is 0. The standard InChI is InChI=1S/C37H72O5/c1-5-34(4)28-24-20-16-12-10-8-6-7-9-11-13-17-21-25-29-36(39)41-31-35(38)32-42-37(40)30-26-22-18-14-15-19-23-27-33(2)3/h33-35,38H,5-32H2,1-4H3/t34?,35-/m1/s1. The molecular formula is C37H72O5. The van der Waals surface area contributed by atoms with Gasteiger partial charge in [0, 0.05) is 12.8 Å². The second kappa shape index (κ2) is 31.3. The van der Waals surface area contributed by atoms with Crippen LogP contribution in [-0.4, -0.2) is 36.4 Å². The average molecular weight is 597 g/mol. The van der Waals surface area contributed by atoms with Crippen molar-refractivity contribution >= 4 is 11.9 Å². The van der Waals surface area contributed by atoms with E-state index in [2.05, 4.69) is 27.7 Å². The number of carbonyl (C=O) groups excluding carboxylic acids is 2. The number of carbonyl (C=O) groups is 2. The molecule has 2 atom stereocenters. The van der Waals surface area contributed by atoms with Gasteiger partial charge < -0.3 is 14.6 Å². The van der Waals surface area contributed by atoms with E-state index in [1.165, 1.54) is 122 Å². The van der Waals surface area contributed by atoms with Crippen LogP contribution in [-0.2, 0) is 19.1 Å². The Bertz CT molecular complexity index is 591. The van der Waals surface area contributed by atoms with Gasteiger partial charge in [0.15, 0.2) is 0 Å². The molecule has 0 radical (unpaired) electrons. The lowest BCUT2D eigenvalue weighted by Crippen LogP contribution is -2.25. The van der Waals surface area contributed by atoms with Crippen molar-refractivity contribution in [3.63, 3.8) is 0 Å². The molecule has 5 heteroatoms. The van der Waals surface area contributed by atoms with Crippen LogP contribution in [0.25, 0.3) is 0 Å². The van der Waals surface area contributed by atoms with E-state index in [0.29, 0.717) is 12.8 Å². The van der Waals surface area contributed by atoms with E-state index in [0.717, 1.165) is 43.9 Å². The van der Waals surface area contributed by atoms with Gasteiger partial charge in [0.05, 0.1) is 0 Å². The third-order valence-corrected chi connectivity index (χ3v) is 8.56. The van der Waals surface area contributed by atoms with Crippen LogP contribution < -0.4 is 0 Å². The summed E-state index contributed by atoms with van der Waals surface area (Å²) >= 11 is 0. The molecule has 0 spiro atoms. The molecule has 0 aromatic heterocycles. The maximum atomic E-state index is 11.9. The molecule has 0 aliphatic rings. The van der Waals surface area contributed by atoms with E-state index in [-0.39, 0.29) is 25.2 Å². The van der Waals surface area contributed by atoms with Crippen LogP contribution in [0.3, 0.4) is 0 Å². The molecular weight excluding hydrogens is 524 g/mol. The zero-order chi connectivity index (χ0) is 31.1. The zero-order valence-electron chi connectivity index (χ0n) is 28.6. The lowest BCUT2D eigenvalue weighted by molar-refractivity contribution is -0.152. The minimum Gasteiger partial charge on any atom is -0.463 e. The van der Waals surface area contributed by atoms with Gasteiger partial charge in [-0.3, -0.25) is 9.59 Å². The fourth-order valence-corrected chi connectivity index (χ4v) is 5.36. The van der Waals surface area contributed by atoms with Gasteiger partial charge in [-0.1, -0.05) is 169 Å². The molecule has 5 nitrogen and oxygen atoms in total. The van der Waals surface area contributed by atoms with E-state index in [1.54, 1.807) is 0 Å². The molecule has 1 unspecified atom stereocenters. The highest BCUT2D eigenvalue weighted by Crippen LogP contribution is 2.16. The third-order valence-electron chi connectivity index (χ3n) is 8.56. The van der Waals surface area contributed by atoms with Crippen LogP contribution >= 0.6 is 0 Å². The summed E-state index contributed by atoms with van der Waals surface area (Å²) in [5.41, 5.74) is 0. The number of hydrogen-bond acceptors (Lipinski definition) is 5. The Balaban J connectivity index is 3.39. The molecule has 0 fully saturated rings. The Kier molecular flexibility index (Phi) is 30.5. The molecule has 0 amide bonds. The van der Waals surface area contributed by atoms with E-state index in [9.17, 15) is 14.7 Å². The first-order valence-electron chi connectivity index (χ1n) is 18.3. The molecule has 0 rings (SSSR count). The van der Waals surface area contributed by atoms with Crippen molar-refractivity contribution in [2.24, 2.45) is 11.8 Å². The molecule has 0 aromatic carbocycles. The highest BCUT2D eigenvalue weighted by molar-refractivity contribution is 5.69. The first-order valence-corrected chi connectivity index (χ1v) is 18.3. The van der Waals surface area contributed by atoms with Crippen molar-refractivity contribution < 1.29 is 24.2 Å². The normalized spacial score (nSPS) is 12.9. The topological polar surface area (TPSA) is 72.8 Å². The predicted octanol–water partition coefficient (Wildman–Crippen LogP) is 10.9. The Hall–Kier alpha value is -1.10. The van der Waals surface area contributed by atoms with Crippen LogP contribution in [0.4, 0.5) is 0 Å². The second-order valence-corrected chi connectivity index (χ2v) is 13.4. The van der Waals surface area contributed by atoms with Gasteiger partial charge in [0.2, 0.25) is 0 Å². The monoisotopic (exact) mass is 597 g/mol. The lowest BCUT2D eigenvalue weighted by atomic mass is 9.99. The molecule has 1 N–H and O–H groups in total. The maximum Gasteiger partial charge on any atom is 0.305 e. The molecule has 0 heterocycles. The molecule has 0 saturated heterocycles. The van der Waals surface area contributed by atoms with Crippen LogP contribution in [0.1, 0.15) is 195 Å². The number of hydrogen-bond donors (Lipinski definition) is 1. The van der Waals surface area contributed by atoms with Gasteiger partial charge in [0.1, 0.15) is 19.3 Å². The summed E-state index contributed by atoms with van der Waals surface area (Å²) < 4.78 is 10.3. The van der Waals surface area contributed by atoms with Gasteiger partial charge in [-0.2, -0.15) is 0 Å². The van der Waals surface area contributed by atoms with Crippen LogP contribution in [0, 0.1) is 11.8 Å². The minimum atomic E-state index is -0.955. The highest BCUT2D eigenvalue weighted by atomic mass is 16.6. The molecule has 0 bridgehead atoms. The van der Waals surface area contributed by atoms with Crippen LogP contribution in [0.2, 0.25) is 0 Å². The zero-order valence-corrected chi connectivity index (χ0v) is 28.6. The Morgan fingerprint density at radius 3 is 1.14 bits per heavy atom. The van der Waals surface area contributed by atoms with Crippen molar-refractivity contribution in [2.45, 2.75) is 201 Å². The third kappa shape index (κ3) is 31.8. The molecule has 42 heavy (non-hydrogen) atoms. The Morgan fingerprint density at radius 2 is 0.810 bits per heavy atom.